The third kappa shape index (κ3) is 5.19. The van der Waals surface area contributed by atoms with Gasteiger partial charge in [0.25, 0.3) is 0 Å². The molecule has 0 atom stereocenters. The monoisotopic (exact) mass is 377 g/mol. The van der Waals surface area contributed by atoms with Crippen molar-refractivity contribution < 1.29 is 9.13 Å². The molecule has 0 saturated carbocycles. The Morgan fingerprint density at radius 3 is 2.29 bits per heavy atom. The number of nitrogens with zero attached hydrogens (tertiary/aromatic N) is 1. The second-order valence-electron chi connectivity index (χ2n) is 7.08. The number of aryl methyl sites for hydroxylation is 1. The van der Waals surface area contributed by atoms with Gasteiger partial charge in [-0.3, -0.25) is 4.98 Å². The van der Waals surface area contributed by atoms with Gasteiger partial charge in [0.05, 0.1) is 12.3 Å². The molecular weight excluding hydrogens is 349 g/mol. The van der Waals surface area contributed by atoms with E-state index in [4.69, 9.17) is 4.74 Å². The molecule has 0 aliphatic rings. The second-order valence-corrected chi connectivity index (χ2v) is 7.08. The van der Waals surface area contributed by atoms with Crippen molar-refractivity contribution in [3.63, 3.8) is 0 Å². The largest absolute Gasteiger partial charge is 0.493 e. The van der Waals surface area contributed by atoms with Gasteiger partial charge >= 0.3 is 0 Å². The molecule has 28 heavy (non-hydrogen) atoms. The van der Waals surface area contributed by atoms with Crippen LogP contribution in [0.25, 0.3) is 22.4 Å². The molecule has 0 radical (unpaired) electrons. The Bertz CT molecular complexity index is 872. The van der Waals surface area contributed by atoms with E-state index in [-0.39, 0.29) is 5.82 Å². The highest BCUT2D eigenvalue weighted by atomic mass is 19.1. The fraction of sp³-hybridized carbons (Fsp3) is 0.320. The van der Waals surface area contributed by atoms with Crippen LogP contribution in [0, 0.1) is 5.82 Å². The SMILES string of the molecule is CCCCCOc1ccc(-c2ccc(-c3ccc(CCC)cn3)cc2)c(F)c1. The van der Waals surface area contributed by atoms with E-state index in [1.54, 1.807) is 6.07 Å². The average Bonchev–Trinajstić information content (AvgIpc) is 2.72. The van der Waals surface area contributed by atoms with Crippen molar-refractivity contribution in [2.45, 2.75) is 46.0 Å². The molecule has 2 nitrogen and oxygen atoms in total. The Morgan fingerprint density at radius 1 is 0.857 bits per heavy atom. The van der Waals surface area contributed by atoms with E-state index in [0.717, 1.165) is 48.9 Å². The van der Waals surface area contributed by atoms with Crippen molar-refractivity contribution >= 4 is 0 Å². The van der Waals surface area contributed by atoms with Crippen molar-refractivity contribution in [1.29, 1.82) is 0 Å². The maximum Gasteiger partial charge on any atom is 0.134 e. The van der Waals surface area contributed by atoms with Crippen LogP contribution in [0.3, 0.4) is 0 Å². The molecule has 0 spiro atoms. The molecule has 0 saturated heterocycles. The lowest BCUT2D eigenvalue weighted by atomic mass is 10.0. The lowest BCUT2D eigenvalue weighted by Crippen LogP contribution is -1.97. The minimum absolute atomic E-state index is 0.261. The average molecular weight is 378 g/mol. The number of hydrogen-bond acceptors (Lipinski definition) is 2. The molecule has 0 bridgehead atoms. The van der Waals surface area contributed by atoms with Gasteiger partial charge in [-0.2, -0.15) is 0 Å². The molecule has 1 heterocycles. The van der Waals surface area contributed by atoms with Crippen LogP contribution in [0.5, 0.6) is 5.75 Å². The molecule has 3 rings (SSSR count). The van der Waals surface area contributed by atoms with Crippen LogP contribution in [-0.4, -0.2) is 11.6 Å². The number of unbranched alkanes of at least 4 members (excludes halogenated alkanes) is 2. The van der Waals surface area contributed by atoms with Crippen molar-refractivity contribution in [2.24, 2.45) is 0 Å². The first-order valence-corrected chi connectivity index (χ1v) is 10.2. The number of benzene rings is 2. The minimum Gasteiger partial charge on any atom is -0.493 e. The highest BCUT2D eigenvalue weighted by molar-refractivity contribution is 5.69. The van der Waals surface area contributed by atoms with Gasteiger partial charge in [0, 0.05) is 23.4 Å². The minimum atomic E-state index is -0.261. The summed E-state index contributed by atoms with van der Waals surface area (Å²) in [7, 11) is 0. The zero-order valence-electron chi connectivity index (χ0n) is 16.7. The van der Waals surface area contributed by atoms with Gasteiger partial charge in [0.2, 0.25) is 0 Å². The number of rotatable bonds is 9. The summed E-state index contributed by atoms with van der Waals surface area (Å²) >= 11 is 0. The van der Waals surface area contributed by atoms with E-state index in [2.05, 4.69) is 24.9 Å². The molecule has 3 heteroatoms. The predicted octanol–water partition coefficient (Wildman–Crippen LogP) is 7.08. The Kier molecular flexibility index (Phi) is 7.18. The smallest absolute Gasteiger partial charge is 0.134 e. The Balaban J connectivity index is 1.70. The van der Waals surface area contributed by atoms with Gasteiger partial charge in [-0.25, -0.2) is 4.39 Å². The van der Waals surface area contributed by atoms with Gasteiger partial charge in [-0.1, -0.05) is 63.4 Å². The predicted molar refractivity (Wildman–Crippen MR) is 114 cm³/mol. The first-order chi connectivity index (χ1) is 13.7. The normalized spacial score (nSPS) is 10.8. The molecule has 0 aliphatic carbocycles. The van der Waals surface area contributed by atoms with Crippen LogP contribution in [0.15, 0.2) is 60.8 Å². The Morgan fingerprint density at radius 2 is 1.64 bits per heavy atom. The molecule has 3 aromatic rings. The molecule has 0 amide bonds. The topological polar surface area (TPSA) is 22.1 Å². The van der Waals surface area contributed by atoms with Crippen LogP contribution >= 0.6 is 0 Å². The van der Waals surface area contributed by atoms with Crippen LogP contribution in [0.4, 0.5) is 4.39 Å². The molecule has 0 fully saturated rings. The van der Waals surface area contributed by atoms with E-state index < -0.39 is 0 Å². The van der Waals surface area contributed by atoms with E-state index in [1.807, 2.05) is 42.6 Å². The molecule has 2 aromatic carbocycles. The molecular formula is C25H28FNO. The lowest BCUT2D eigenvalue weighted by molar-refractivity contribution is 0.305. The first-order valence-electron chi connectivity index (χ1n) is 10.2. The molecule has 1 aromatic heterocycles. The summed E-state index contributed by atoms with van der Waals surface area (Å²) in [5.41, 5.74) is 4.65. The van der Waals surface area contributed by atoms with Crippen molar-refractivity contribution in [2.75, 3.05) is 6.61 Å². The third-order valence-electron chi connectivity index (χ3n) is 4.81. The number of aromatic nitrogens is 1. The van der Waals surface area contributed by atoms with Gasteiger partial charge in [0.1, 0.15) is 11.6 Å². The fourth-order valence-electron chi connectivity index (χ4n) is 3.21. The lowest BCUT2D eigenvalue weighted by Gasteiger charge is -2.09. The summed E-state index contributed by atoms with van der Waals surface area (Å²) in [6.45, 7) is 4.94. The van der Waals surface area contributed by atoms with Crippen molar-refractivity contribution in [3.05, 3.63) is 72.2 Å². The summed E-state index contributed by atoms with van der Waals surface area (Å²) in [6, 6.07) is 17.1. The second kappa shape index (κ2) is 10.0. The number of ether oxygens (including phenoxy) is 1. The molecule has 146 valence electrons. The summed E-state index contributed by atoms with van der Waals surface area (Å²) in [5, 5.41) is 0. The fourth-order valence-corrected chi connectivity index (χ4v) is 3.21. The number of halogens is 1. The van der Waals surface area contributed by atoms with Crippen LogP contribution in [0.1, 0.15) is 45.1 Å². The van der Waals surface area contributed by atoms with Crippen molar-refractivity contribution in [1.82, 2.24) is 4.98 Å². The molecule has 0 aliphatic heterocycles. The molecule has 0 N–H and O–H groups in total. The number of hydrogen-bond donors (Lipinski definition) is 0. The zero-order chi connectivity index (χ0) is 19.8. The Labute approximate surface area is 167 Å². The van der Waals surface area contributed by atoms with Gasteiger partial charge < -0.3 is 4.74 Å². The molecule has 0 unspecified atom stereocenters. The van der Waals surface area contributed by atoms with E-state index >= 15 is 0 Å². The summed E-state index contributed by atoms with van der Waals surface area (Å²) in [5.74, 6) is 0.327. The van der Waals surface area contributed by atoms with Gasteiger partial charge in [0.15, 0.2) is 0 Å². The van der Waals surface area contributed by atoms with Gasteiger partial charge in [-0.15, -0.1) is 0 Å². The maximum absolute atomic E-state index is 14.6. The summed E-state index contributed by atoms with van der Waals surface area (Å²) in [4.78, 5) is 4.55. The Hall–Kier alpha value is -2.68. The van der Waals surface area contributed by atoms with E-state index in [9.17, 15) is 4.39 Å². The first kappa shape index (κ1) is 20.1. The van der Waals surface area contributed by atoms with Gasteiger partial charge in [-0.05, 0) is 42.2 Å². The van der Waals surface area contributed by atoms with Crippen LogP contribution in [-0.2, 0) is 6.42 Å². The highest BCUT2D eigenvalue weighted by Crippen LogP contribution is 2.28. The third-order valence-corrected chi connectivity index (χ3v) is 4.81. The standard InChI is InChI=1S/C25H28FNO/c1-3-5-6-16-28-22-13-14-23(24(26)17-22)20-9-11-21(12-10-20)25-15-8-19(7-4-2)18-27-25/h8-15,17-18H,3-7,16H2,1-2H3. The van der Waals surface area contributed by atoms with Crippen molar-refractivity contribution in [3.8, 4) is 28.1 Å². The quantitative estimate of drug-likeness (QED) is 0.372. The summed E-state index contributed by atoms with van der Waals surface area (Å²) in [6.07, 6.45) is 7.36. The maximum atomic E-state index is 14.6. The number of pyridine rings is 1. The van der Waals surface area contributed by atoms with E-state index in [1.165, 1.54) is 11.6 Å². The zero-order valence-corrected chi connectivity index (χ0v) is 16.7. The van der Waals surface area contributed by atoms with Crippen LogP contribution in [0.2, 0.25) is 0 Å². The van der Waals surface area contributed by atoms with E-state index in [0.29, 0.717) is 17.9 Å². The van der Waals surface area contributed by atoms with Crippen LogP contribution < -0.4 is 4.74 Å². The highest BCUT2D eigenvalue weighted by Gasteiger charge is 2.08. The summed E-state index contributed by atoms with van der Waals surface area (Å²) < 4.78 is 20.2.